The number of guanidine groups is 1. The third-order valence-corrected chi connectivity index (χ3v) is 2.03. The molecule has 9 heavy (non-hydrogen) atoms. The number of nitrogens with zero attached hydrogens (tertiary/aromatic N) is 1. The summed E-state index contributed by atoms with van der Waals surface area (Å²) >= 11 is 0. The minimum Gasteiger partial charge on any atom is -0.369 e. The zero-order chi connectivity index (χ0) is 7.65. The van der Waals surface area contributed by atoms with Crippen molar-refractivity contribution in [2.24, 2.45) is 5.73 Å². The SMILES string of the molecule is CN(C(=N)N)S(C)(=O)=O. The number of hydrogen-bond donors (Lipinski definition) is 2. The van der Waals surface area contributed by atoms with Crippen LogP contribution in [0.25, 0.3) is 0 Å². The van der Waals surface area contributed by atoms with Crippen LogP contribution in [0.5, 0.6) is 0 Å². The van der Waals surface area contributed by atoms with E-state index in [0.717, 1.165) is 6.26 Å². The quantitative estimate of drug-likeness (QED) is 0.363. The van der Waals surface area contributed by atoms with Gasteiger partial charge >= 0.3 is 0 Å². The van der Waals surface area contributed by atoms with Crippen LogP contribution in [0.4, 0.5) is 0 Å². The lowest BCUT2D eigenvalue weighted by Crippen LogP contribution is -2.37. The van der Waals surface area contributed by atoms with Crippen molar-refractivity contribution < 1.29 is 8.42 Å². The van der Waals surface area contributed by atoms with Crippen LogP contribution in [0, 0.1) is 5.41 Å². The van der Waals surface area contributed by atoms with E-state index in [4.69, 9.17) is 11.1 Å². The Kier molecular flexibility index (Phi) is 2.03. The molecule has 3 N–H and O–H groups in total. The standard InChI is InChI=1S/C3H9N3O2S/c1-6(3(4)5)9(2,7)8/h1-2H3,(H3,4,5). The van der Waals surface area contributed by atoms with E-state index in [2.05, 4.69) is 0 Å². The minimum absolute atomic E-state index is 0.475. The van der Waals surface area contributed by atoms with Gasteiger partial charge < -0.3 is 5.73 Å². The summed E-state index contributed by atoms with van der Waals surface area (Å²) in [6, 6.07) is 0. The summed E-state index contributed by atoms with van der Waals surface area (Å²) in [7, 11) is -2.10. The van der Waals surface area contributed by atoms with E-state index in [1.165, 1.54) is 7.05 Å². The summed E-state index contributed by atoms with van der Waals surface area (Å²) in [5.41, 5.74) is 4.85. The van der Waals surface area contributed by atoms with Crippen LogP contribution < -0.4 is 5.73 Å². The first-order chi connectivity index (χ1) is 3.85. The molecule has 0 saturated carbocycles. The molecule has 5 nitrogen and oxygen atoms in total. The van der Waals surface area contributed by atoms with E-state index < -0.39 is 16.0 Å². The molecule has 0 saturated heterocycles. The fourth-order valence-electron chi connectivity index (χ4n) is 0.179. The zero-order valence-corrected chi connectivity index (χ0v) is 6.07. The Morgan fingerprint density at radius 3 is 2.00 bits per heavy atom. The van der Waals surface area contributed by atoms with Gasteiger partial charge in [-0.3, -0.25) is 5.41 Å². The summed E-state index contributed by atoms with van der Waals surface area (Å²) in [6.07, 6.45) is 0.981. The summed E-state index contributed by atoms with van der Waals surface area (Å²) in [5, 5.41) is 6.68. The zero-order valence-electron chi connectivity index (χ0n) is 5.25. The lowest BCUT2D eigenvalue weighted by atomic mass is 11.0. The maximum atomic E-state index is 10.5. The van der Waals surface area contributed by atoms with Crippen LogP contribution in [-0.4, -0.2) is 32.0 Å². The largest absolute Gasteiger partial charge is 0.369 e. The third-order valence-electron chi connectivity index (χ3n) is 0.837. The Balaban J connectivity index is 4.43. The van der Waals surface area contributed by atoms with Gasteiger partial charge in [-0.15, -0.1) is 0 Å². The molecule has 0 unspecified atom stereocenters. The second-order valence-corrected chi connectivity index (χ2v) is 3.63. The highest BCUT2D eigenvalue weighted by molar-refractivity contribution is 7.88. The average Bonchev–Trinajstić information content (AvgIpc) is 1.62. The molecule has 0 fully saturated rings. The fourth-order valence-corrected chi connectivity index (χ4v) is 0.536. The van der Waals surface area contributed by atoms with Gasteiger partial charge in [0.25, 0.3) is 0 Å². The predicted octanol–water partition coefficient (Wildman–Crippen LogP) is -1.23. The lowest BCUT2D eigenvalue weighted by Gasteiger charge is -2.12. The van der Waals surface area contributed by atoms with E-state index in [1.54, 1.807) is 0 Å². The number of sulfonamides is 1. The number of nitrogens with two attached hydrogens (primary N) is 1. The van der Waals surface area contributed by atoms with Crippen LogP contribution in [0.15, 0.2) is 0 Å². The van der Waals surface area contributed by atoms with E-state index in [9.17, 15) is 8.42 Å². The highest BCUT2D eigenvalue weighted by Crippen LogP contribution is 1.88. The molecule has 0 radical (unpaired) electrons. The van der Waals surface area contributed by atoms with Crippen LogP contribution in [0.2, 0.25) is 0 Å². The second kappa shape index (κ2) is 2.22. The molecule has 0 rings (SSSR count). The molecule has 0 heterocycles. The van der Waals surface area contributed by atoms with Gasteiger partial charge in [-0.05, 0) is 0 Å². The van der Waals surface area contributed by atoms with Crippen LogP contribution >= 0.6 is 0 Å². The Bertz CT molecular complexity index is 207. The average molecular weight is 151 g/mol. The number of nitrogens with one attached hydrogen (secondary N) is 1. The van der Waals surface area contributed by atoms with Crippen LogP contribution in [-0.2, 0) is 10.0 Å². The summed E-state index contributed by atoms with van der Waals surface area (Å²) in [5.74, 6) is -0.475. The third kappa shape index (κ3) is 2.31. The molecule has 0 aromatic heterocycles. The van der Waals surface area contributed by atoms with Gasteiger partial charge in [-0.2, -0.15) is 0 Å². The molecular formula is C3H9N3O2S. The Hall–Kier alpha value is -0.780. The highest BCUT2D eigenvalue weighted by atomic mass is 32.2. The first-order valence-corrected chi connectivity index (χ1v) is 3.98. The van der Waals surface area contributed by atoms with Crippen molar-refractivity contribution >= 4 is 16.0 Å². The minimum atomic E-state index is -3.32. The smallest absolute Gasteiger partial charge is 0.234 e. The van der Waals surface area contributed by atoms with Crippen molar-refractivity contribution in [3.8, 4) is 0 Å². The van der Waals surface area contributed by atoms with Gasteiger partial charge in [-0.25, -0.2) is 12.7 Å². The monoisotopic (exact) mass is 151 g/mol. The van der Waals surface area contributed by atoms with Crippen molar-refractivity contribution in [2.45, 2.75) is 0 Å². The van der Waals surface area contributed by atoms with Crippen LogP contribution in [0.1, 0.15) is 0 Å². The predicted molar refractivity (Wildman–Crippen MR) is 34.5 cm³/mol. The molecule has 0 bridgehead atoms. The molecule has 0 aliphatic carbocycles. The molecule has 0 atom stereocenters. The molecule has 0 aromatic carbocycles. The van der Waals surface area contributed by atoms with Gasteiger partial charge in [0.05, 0.1) is 6.26 Å². The number of hydrogen-bond acceptors (Lipinski definition) is 3. The topological polar surface area (TPSA) is 87.2 Å². The molecule has 0 aromatic rings. The maximum Gasteiger partial charge on any atom is 0.234 e. The van der Waals surface area contributed by atoms with Gasteiger partial charge in [-0.1, -0.05) is 0 Å². The van der Waals surface area contributed by atoms with Crippen molar-refractivity contribution in [1.82, 2.24) is 4.31 Å². The number of rotatable bonds is 1. The molecule has 54 valence electrons. The molecule has 0 amide bonds. The van der Waals surface area contributed by atoms with Crippen molar-refractivity contribution in [2.75, 3.05) is 13.3 Å². The van der Waals surface area contributed by atoms with Crippen molar-refractivity contribution in [3.05, 3.63) is 0 Å². The summed E-state index contributed by atoms with van der Waals surface area (Å²) < 4.78 is 21.6. The van der Waals surface area contributed by atoms with E-state index in [0.29, 0.717) is 4.31 Å². The summed E-state index contributed by atoms with van der Waals surface area (Å²) in [4.78, 5) is 0. The van der Waals surface area contributed by atoms with Gasteiger partial charge in [0.15, 0.2) is 0 Å². The van der Waals surface area contributed by atoms with E-state index in [1.807, 2.05) is 0 Å². The second-order valence-electron chi connectivity index (χ2n) is 1.62. The van der Waals surface area contributed by atoms with Gasteiger partial charge in [0.2, 0.25) is 16.0 Å². The van der Waals surface area contributed by atoms with E-state index >= 15 is 0 Å². The van der Waals surface area contributed by atoms with Gasteiger partial charge in [0, 0.05) is 7.05 Å². The Morgan fingerprint density at radius 2 is 2.00 bits per heavy atom. The first kappa shape index (κ1) is 8.22. The summed E-state index contributed by atoms with van der Waals surface area (Å²) in [6.45, 7) is 0. The lowest BCUT2D eigenvalue weighted by molar-refractivity contribution is 0.557. The van der Waals surface area contributed by atoms with Crippen LogP contribution in [0.3, 0.4) is 0 Å². The van der Waals surface area contributed by atoms with Crippen molar-refractivity contribution in [3.63, 3.8) is 0 Å². The Labute approximate surface area is 54.0 Å². The normalized spacial score (nSPS) is 10.9. The molecule has 0 spiro atoms. The maximum absolute atomic E-state index is 10.5. The van der Waals surface area contributed by atoms with Crippen molar-refractivity contribution in [1.29, 1.82) is 5.41 Å². The van der Waals surface area contributed by atoms with E-state index in [-0.39, 0.29) is 0 Å². The molecule has 0 aliphatic heterocycles. The molecule has 6 heteroatoms. The molecular weight excluding hydrogens is 142 g/mol. The fraction of sp³-hybridized carbons (Fsp3) is 0.667. The Morgan fingerprint density at radius 1 is 1.67 bits per heavy atom. The molecule has 0 aliphatic rings. The van der Waals surface area contributed by atoms with Gasteiger partial charge in [0.1, 0.15) is 0 Å². The first-order valence-electron chi connectivity index (χ1n) is 2.13. The highest BCUT2D eigenvalue weighted by Gasteiger charge is 2.10.